The van der Waals surface area contributed by atoms with Crippen molar-refractivity contribution in [2.45, 2.75) is 4.90 Å². The first kappa shape index (κ1) is 21.7. The number of thiophene rings is 1. The van der Waals surface area contributed by atoms with Crippen LogP contribution in [-0.4, -0.2) is 51.3 Å². The van der Waals surface area contributed by atoms with Gasteiger partial charge in [0.05, 0.1) is 14.7 Å². The van der Waals surface area contributed by atoms with E-state index < -0.39 is 14.9 Å². The molecule has 0 fully saturated rings. The van der Waals surface area contributed by atoms with Crippen molar-refractivity contribution in [2.75, 3.05) is 32.1 Å². The number of benzene rings is 2. The number of sulfonamides is 1. The van der Waals surface area contributed by atoms with E-state index in [9.17, 15) is 23.3 Å². The number of carbonyl (C=O) groups is 1. The summed E-state index contributed by atoms with van der Waals surface area (Å²) in [7, 11) is -0.215. The monoisotopic (exact) mass is 448 g/mol. The summed E-state index contributed by atoms with van der Waals surface area (Å²) < 4.78 is 23.5. The van der Waals surface area contributed by atoms with E-state index in [4.69, 9.17) is 5.14 Å². The number of rotatable bonds is 7. The number of likely N-dealkylation sites (N-methyl/N-ethyl adjacent to an activating group) is 2. The number of nitro groups is 1. The molecule has 1 heterocycles. The van der Waals surface area contributed by atoms with E-state index in [0.29, 0.717) is 23.4 Å². The average Bonchev–Trinajstić information content (AvgIpc) is 3.13. The summed E-state index contributed by atoms with van der Waals surface area (Å²) in [6.07, 6.45) is 0. The summed E-state index contributed by atoms with van der Waals surface area (Å²) in [5.74, 6) is -0.170. The molecule has 9 nitrogen and oxygen atoms in total. The Balaban J connectivity index is 1.65. The van der Waals surface area contributed by atoms with Crippen LogP contribution in [0.2, 0.25) is 0 Å². The SMILES string of the molecule is CN(CCN(C)c1ccc(S(N)(=O)=O)cc1)C(=O)c1cc2cc([N+](=O)[O-])ccc2s1. The standard InChI is InChI=1S/C19H20N4O5S2/c1-21(14-3-6-16(7-4-14)30(20,27)28)9-10-22(2)19(24)18-12-13-11-15(23(25)26)5-8-17(13)29-18/h3-8,11-12H,9-10H2,1-2H3,(H2,20,27,28). The van der Waals surface area contributed by atoms with Crippen LogP contribution >= 0.6 is 11.3 Å². The molecule has 0 aliphatic carbocycles. The maximum Gasteiger partial charge on any atom is 0.270 e. The van der Waals surface area contributed by atoms with Gasteiger partial charge in [-0.25, -0.2) is 13.6 Å². The molecule has 11 heteroatoms. The molecular formula is C19H20N4O5S2. The van der Waals surface area contributed by atoms with E-state index in [1.807, 2.05) is 11.9 Å². The third-order valence-electron chi connectivity index (χ3n) is 4.65. The van der Waals surface area contributed by atoms with Crippen LogP contribution < -0.4 is 10.0 Å². The fourth-order valence-electron chi connectivity index (χ4n) is 2.86. The van der Waals surface area contributed by atoms with Crippen LogP contribution in [0.1, 0.15) is 9.67 Å². The number of carbonyl (C=O) groups excluding carboxylic acids is 1. The van der Waals surface area contributed by atoms with Gasteiger partial charge < -0.3 is 9.80 Å². The molecule has 3 rings (SSSR count). The second kappa shape index (κ2) is 8.38. The van der Waals surface area contributed by atoms with Crippen molar-refractivity contribution < 1.29 is 18.1 Å². The van der Waals surface area contributed by atoms with E-state index in [0.717, 1.165) is 10.4 Å². The molecular weight excluding hydrogens is 428 g/mol. The third-order valence-corrected chi connectivity index (χ3v) is 6.68. The zero-order valence-corrected chi connectivity index (χ0v) is 17.9. The Bertz CT molecular complexity index is 1210. The van der Waals surface area contributed by atoms with Gasteiger partial charge in [-0.15, -0.1) is 11.3 Å². The molecule has 0 radical (unpaired) electrons. The van der Waals surface area contributed by atoms with Crippen LogP contribution in [-0.2, 0) is 10.0 Å². The van der Waals surface area contributed by atoms with E-state index in [2.05, 4.69) is 0 Å². The molecule has 158 valence electrons. The highest BCUT2D eigenvalue weighted by Crippen LogP contribution is 2.29. The molecule has 0 saturated carbocycles. The highest BCUT2D eigenvalue weighted by molar-refractivity contribution is 7.89. The van der Waals surface area contributed by atoms with Crippen LogP contribution in [0, 0.1) is 10.1 Å². The Morgan fingerprint density at radius 2 is 1.77 bits per heavy atom. The molecule has 0 spiro atoms. The largest absolute Gasteiger partial charge is 0.373 e. The summed E-state index contributed by atoms with van der Waals surface area (Å²) in [6, 6.07) is 12.4. The zero-order chi connectivity index (χ0) is 22.1. The van der Waals surface area contributed by atoms with E-state index in [-0.39, 0.29) is 16.5 Å². The second-order valence-corrected chi connectivity index (χ2v) is 9.42. The predicted molar refractivity (Wildman–Crippen MR) is 117 cm³/mol. The van der Waals surface area contributed by atoms with Gasteiger partial charge in [-0.3, -0.25) is 14.9 Å². The van der Waals surface area contributed by atoms with Gasteiger partial charge in [0.15, 0.2) is 0 Å². The molecule has 30 heavy (non-hydrogen) atoms. The molecule has 0 aliphatic heterocycles. The molecule has 0 atom stereocenters. The Hall–Kier alpha value is -3.02. The molecule has 0 unspecified atom stereocenters. The Morgan fingerprint density at radius 1 is 1.10 bits per heavy atom. The maximum absolute atomic E-state index is 12.7. The lowest BCUT2D eigenvalue weighted by Crippen LogP contribution is -2.34. The van der Waals surface area contributed by atoms with Gasteiger partial charge >= 0.3 is 0 Å². The van der Waals surface area contributed by atoms with Gasteiger partial charge in [-0.2, -0.15) is 0 Å². The fourth-order valence-corrected chi connectivity index (χ4v) is 4.41. The predicted octanol–water partition coefficient (Wildman–Crippen LogP) is 2.67. The van der Waals surface area contributed by atoms with Gasteiger partial charge in [0, 0.05) is 55.1 Å². The number of nitrogens with two attached hydrogens (primary N) is 1. The summed E-state index contributed by atoms with van der Waals surface area (Å²) in [5, 5.41) is 16.7. The van der Waals surface area contributed by atoms with Crippen molar-refractivity contribution in [2.24, 2.45) is 5.14 Å². The lowest BCUT2D eigenvalue weighted by Gasteiger charge is -2.23. The quantitative estimate of drug-likeness (QED) is 0.437. The maximum atomic E-state index is 12.7. The molecule has 3 aromatic rings. The topological polar surface area (TPSA) is 127 Å². The number of non-ortho nitro benzene ring substituents is 1. The number of primary sulfonamides is 1. The molecule has 2 N–H and O–H groups in total. The van der Waals surface area contributed by atoms with Gasteiger partial charge in [-0.05, 0) is 36.4 Å². The van der Waals surface area contributed by atoms with Gasteiger partial charge in [-0.1, -0.05) is 0 Å². The van der Waals surface area contributed by atoms with Crippen LogP contribution in [0.5, 0.6) is 0 Å². The van der Waals surface area contributed by atoms with Gasteiger partial charge in [0.25, 0.3) is 11.6 Å². The first-order valence-electron chi connectivity index (χ1n) is 8.84. The first-order chi connectivity index (χ1) is 14.1. The van der Waals surface area contributed by atoms with Crippen LogP contribution in [0.25, 0.3) is 10.1 Å². The Morgan fingerprint density at radius 3 is 2.37 bits per heavy atom. The minimum absolute atomic E-state index is 0.0114. The Kier molecular flexibility index (Phi) is 6.06. The number of hydrogen-bond acceptors (Lipinski definition) is 7. The van der Waals surface area contributed by atoms with E-state index in [1.165, 1.54) is 35.6 Å². The highest BCUT2D eigenvalue weighted by atomic mass is 32.2. The van der Waals surface area contributed by atoms with Crippen LogP contribution in [0.3, 0.4) is 0 Å². The molecule has 0 bridgehead atoms. The number of anilines is 1. The zero-order valence-electron chi connectivity index (χ0n) is 16.3. The number of hydrogen-bond donors (Lipinski definition) is 1. The lowest BCUT2D eigenvalue weighted by atomic mass is 10.2. The smallest absolute Gasteiger partial charge is 0.270 e. The van der Waals surface area contributed by atoms with Crippen molar-refractivity contribution in [1.29, 1.82) is 0 Å². The van der Waals surface area contributed by atoms with Crippen molar-refractivity contribution in [1.82, 2.24) is 4.90 Å². The number of nitro benzene ring substituents is 1. The summed E-state index contributed by atoms with van der Waals surface area (Å²) in [4.78, 5) is 27.2. The number of amides is 1. The fraction of sp³-hybridized carbons (Fsp3) is 0.211. The molecule has 2 aromatic carbocycles. The number of nitrogens with zero attached hydrogens (tertiary/aromatic N) is 3. The third kappa shape index (κ3) is 4.75. The van der Waals surface area contributed by atoms with Crippen LogP contribution in [0.15, 0.2) is 53.4 Å². The van der Waals surface area contributed by atoms with Crippen molar-refractivity contribution in [3.05, 3.63) is 63.5 Å². The van der Waals surface area contributed by atoms with Crippen LogP contribution in [0.4, 0.5) is 11.4 Å². The van der Waals surface area contributed by atoms with Crippen molar-refractivity contribution in [3.8, 4) is 0 Å². The normalized spacial score (nSPS) is 11.4. The Labute approximate surface area is 177 Å². The minimum atomic E-state index is -3.74. The molecule has 1 aromatic heterocycles. The van der Waals surface area contributed by atoms with Gasteiger partial charge in [0.1, 0.15) is 0 Å². The summed E-state index contributed by atoms with van der Waals surface area (Å²) in [6.45, 7) is 0.952. The lowest BCUT2D eigenvalue weighted by molar-refractivity contribution is -0.384. The second-order valence-electron chi connectivity index (χ2n) is 6.78. The molecule has 0 saturated heterocycles. The van der Waals surface area contributed by atoms with Crippen molar-refractivity contribution in [3.63, 3.8) is 0 Å². The van der Waals surface area contributed by atoms with Crippen molar-refractivity contribution >= 4 is 48.7 Å². The molecule has 0 aliphatic rings. The summed E-state index contributed by atoms with van der Waals surface area (Å²) in [5.41, 5.74) is 0.778. The number of fused-ring (bicyclic) bond motifs is 1. The van der Waals surface area contributed by atoms with Gasteiger partial charge in [0.2, 0.25) is 10.0 Å². The van der Waals surface area contributed by atoms with E-state index in [1.54, 1.807) is 36.2 Å². The highest BCUT2D eigenvalue weighted by Gasteiger charge is 2.17. The first-order valence-corrected chi connectivity index (χ1v) is 11.2. The summed E-state index contributed by atoms with van der Waals surface area (Å²) >= 11 is 1.29. The van der Waals surface area contributed by atoms with E-state index >= 15 is 0 Å². The average molecular weight is 449 g/mol. The molecule has 1 amide bonds. The minimum Gasteiger partial charge on any atom is -0.373 e.